The first-order valence-corrected chi connectivity index (χ1v) is 9.31. The number of rotatable bonds is 3. The van der Waals surface area contributed by atoms with Gasteiger partial charge in [0.15, 0.2) is 5.71 Å². The van der Waals surface area contributed by atoms with Crippen LogP contribution in [0.4, 0.5) is 11.4 Å². The number of para-hydroxylation sites is 1. The van der Waals surface area contributed by atoms with Crippen molar-refractivity contribution < 1.29 is 28.6 Å². The highest BCUT2D eigenvalue weighted by atomic mass is 127. The van der Waals surface area contributed by atoms with Crippen molar-refractivity contribution in [2.24, 2.45) is 0 Å². The molecule has 0 saturated carbocycles. The molecule has 0 bridgehead atoms. The molecule has 0 aliphatic carbocycles. The summed E-state index contributed by atoms with van der Waals surface area (Å²) in [5.41, 5.74) is 6.72. The topological polar surface area (TPSA) is 6.25 Å². The highest BCUT2D eigenvalue weighted by molar-refractivity contribution is 6.05. The molecule has 2 aliphatic rings. The van der Waals surface area contributed by atoms with Crippen LogP contribution >= 0.6 is 0 Å². The molecule has 0 N–H and O–H groups in total. The molecular weight excluding hydrogens is 431 g/mol. The molecule has 0 amide bonds. The third-order valence-corrected chi connectivity index (χ3v) is 5.74. The van der Waals surface area contributed by atoms with Crippen LogP contribution in [0.5, 0.6) is 0 Å². The Morgan fingerprint density at radius 2 is 1.58 bits per heavy atom. The van der Waals surface area contributed by atoms with Crippen LogP contribution in [-0.2, 0) is 5.41 Å². The molecule has 4 rings (SSSR count). The van der Waals surface area contributed by atoms with E-state index in [1.807, 2.05) is 0 Å². The average molecular weight is 458 g/mol. The third-order valence-electron chi connectivity index (χ3n) is 5.74. The van der Waals surface area contributed by atoms with Crippen molar-refractivity contribution >= 4 is 23.2 Å². The molecule has 0 spiro atoms. The molecule has 136 valence electrons. The first-order valence-electron chi connectivity index (χ1n) is 9.31. The predicted molar refractivity (Wildman–Crippen MR) is 107 cm³/mol. The standard InChI is InChI=1S/C23H27N2.HI/c1-23(2)20-8-4-5-9-21(20)24(3)22(23)15-12-18-10-13-19(14-11-18)25-16-6-7-17-25;/h4-5,8-15H,6-7,16-17H2,1-3H3;1H/q+1;/p-1. The van der Waals surface area contributed by atoms with Gasteiger partial charge in [-0.15, -0.1) is 0 Å². The minimum atomic E-state index is 0. The number of allylic oxidation sites excluding steroid dienone is 1. The molecule has 2 heterocycles. The zero-order valence-electron chi connectivity index (χ0n) is 15.9. The second kappa shape index (κ2) is 7.55. The van der Waals surface area contributed by atoms with E-state index in [0.29, 0.717) is 0 Å². The van der Waals surface area contributed by atoms with Crippen LogP contribution in [0.1, 0.15) is 37.8 Å². The molecule has 1 saturated heterocycles. The van der Waals surface area contributed by atoms with Crippen molar-refractivity contribution in [3.63, 3.8) is 0 Å². The van der Waals surface area contributed by atoms with Crippen LogP contribution in [0.3, 0.4) is 0 Å². The number of halogens is 1. The molecule has 0 atom stereocenters. The molecule has 2 aliphatic heterocycles. The monoisotopic (exact) mass is 458 g/mol. The van der Waals surface area contributed by atoms with Crippen molar-refractivity contribution in [1.29, 1.82) is 0 Å². The van der Waals surface area contributed by atoms with E-state index in [-0.39, 0.29) is 29.4 Å². The van der Waals surface area contributed by atoms with Gasteiger partial charge in [-0.05, 0) is 50.5 Å². The van der Waals surface area contributed by atoms with Gasteiger partial charge >= 0.3 is 0 Å². The van der Waals surface area contributed by atoms with Crippen molar-refractivity contribution in [3.05, 3.63) is 65.7 Å². The van der Waals surface area contributed by atoms with E-state index in [1.54, 1.807) is 0 Å². The Morgan fingerprint density at radius 3 is 2.23 bits per heavy atom. The maximum Gasteiger partial charge on any atom is 0.209 e. The first kappa shape index (κ1) is 19.2. The third kappa shape index (κ3) is 3.34. The summed E-state index contributed by atoms with van der Waals surface area (Å²) in [5.74, 6) is 0. The van der Waals surface area contributed by atoms with Gasteiger partial charge in [-0.2, -0.15) is 4.58 Å². The van der Waals surface area contributed by atoms with Gasteiger partial charge in [-0.3, -0.25) is 0 Å². The normalized spacial score (nSPS) is 18.3. The van der Waals surface area contributed by atoms with Gasteiger partial charge in [0.25, 0.3) is 0 Å². The lowest BCUT2D eigenvalue weighted by molar-refractivity contribution is -0.401. The minimum Gasteiger partial charge on any atom is -1.00 e. The molecule has 1 fully saturated rings. The van der Waals surface area contributed by atoms with Crippen LogP contribution < -0.4 is 28.9 Å². The molecule has 2 aromatic rings. The highest BCUT2D eigenvalue weighted by Crippen LogP contribution is 2.39. The van der Waals surface area contributed by atoms with E-state index in [2.05, 4.69) is 91.1 Å². The molecule has 0 unspecified atom stereocenters. The minimum absolute atomic E-state index is 0. The summed E-state index contributed by atoms with van der Waals surface area (Å²) < 4.78 is 2.32. The number of anilines is 1. The van der Waals surface area contributed by atoms with Crippen LogP contribution in [0.25, 0.3) is 6.08 Å². The number of hydrogen-bond donors (Lipinski definition) is 0. The van der Waals surface area contributed by atoms with Crippen LogP contribution in [0.2, 0.25) is 0 Å². The van der Waals surface area contributed by atoms with Gasteiger partial charge in [-0.1, -0.05) is 30.3 Å². The van der Waals surface area contributed by atoms with Gasteiger partial charge in [0.1, 0.15) is 7.05 Å². The van der Waals surface area contributed by atoms with Crippen LogP contribution in [-0.4, -0.2) is 30.4 Å². The molecule has 2 nitrogen and oxygen atoms in total. The second-order valence-electron chi connectivity index (χ2n) is 7.71. The van der Waals surface area contributed by atoms with E-state index in [9.17, 15) is 0 Å². The molecule has 0 aromatic heterocycles. The summed E-state index contributed by atoms with van der Waals surface area (Å²) in [6.07, 6.45) is 7.17. The average Bonchev–Trinajstić information content (AvgIpc) is 3.22. The lowest BCUT2D eigenvalue weighted by atomic mass is 9.81. The van der Waals surface area contributed by atoms with Gasteiger partial charge in [-0.25, -0.2) is 0 Å². The molecule has 0 radical (unpaired) electrons. The SMILES string of the molecule is C[N+]1=C(C=Cc2ccc(N3CCCC3)cc2)C(C)(C)c2ccccc21.[I-]. The summed E-state index contributed by atoms with van der Waals surface area (Å²) in [4.78, 5) is 2.48. The zero-order valence-corrected chi connectivity index (χ0v) is 18.0. The van der Waals surface area contributed by atoms with Crippen LogP contribution in [0, 0.1) is 0 Å². The molecule has 26 heavy (non-hydrogen) atoms. The number of hydrogen-bond acceptors (Lipinski definition) is 1. The fraction of sp³-hybridized carbons (Fsp3) is 0.348. The lowest BCUT2D eigenvalue weighted by Gasteiger charge is -2.17. The van der Waals surface area contributed by atoms with E-state index < -0.39 is 0 Å². The molecule has 2 aromatic carbocycles. The first-order chi connectivity index (χ1) is 12.1. The Bertz CT molecular complexity index is 841. The summed E-state index contributed by atoms with van der Waals surface area (Å²) in [5, 5.41) is 0. The van der Waals surface area contributed by atoms with E-state index in [1.165, 1.54) is 54.1 Å². The van der Waals surface area contributed by atoms with E-state index in [0.717, 1.165) is 0 Å². The Labute approximate surface area is 174 Å². The Kier molecular flexibility index (Phi) is 5.56. The van der Waals surface area contributed by atoms with Gasteiger partial charge in [0.2, 0.25) is 5.69 Å². The Balaban J connectivity index is 0.00000196. The number of benzene rings is 2. The summed E-state index contributed by atoms with van der Waals surface area (Å²) >= 11 is 0. The predicted octanol–water partition coefficient (Wildman–Crippen LogP) is 2.01. The maximum absolute atomic E-state index is 2.48. The highest BCUT2D eigenvalue weighted by Gasteiger charge is 2.42. The van der Waals surface area contributed by atoms with Crippen molar-refractivity contribution in [1.82, 2.24) is 0 Å². The van der Waals surface area contributed by atoms with Crippen LogP contribution in [0.15, 0.2) is 54.6 Å². The Morgan fingerprint density at radius 1 is 0.923 bits per heavy atom. The second-order valence-corrected chi connectivity index (χ2v) is 7.71. The van der Waals surface area contributed by atoms with Gasteiger partial charge in [0.05, 0.1) is 5.41 Å². The van der Waals surface area contributed by atoms with Gasteiger partial charge in [0, 0.05) is 36.5 Å². The maximum atomic E-state index is 2.48. The summed E-state index contributed by atoms with van der Waals surface area (Å²) in [6, 6.07) is 17.7. The molecular formula is C23H27IN2. The number of fused-ring (bicyclic) bond motifs is 1. The van der Waals surface area contributed by atoms with Gasteiger partial charge < -0.3 is 28.9 Å². The summed E-state index contributed by atoms with van der Waals surface area (Å²) in [6.45, 7) is 7.02. The smallest absolute Gasteiger partial charge is 0.209 e. The fourth-order valence-corrected chi connectivity index (χ4v) is 4.25. The Hall–Kier alpha value is -1.62. The van der Waals surface area contributed by atoms with E-state index in [4.69, 9.17) is 0 Å². The zero-order chi connectivity index (χ0) is 17.4. The molecule has 3 heteroatoms. The van der Waals surface area contributed by atoms with Crippen molar-refractivity contribution in [2.75, 3.05) is 25.0 Å². The number of nitrogens with zero attached hydrogens (tertiary/aromatic N) is 2. The largest absolute Gasteiger partial charge is 1.00 e. The quantitative estimate of drug-likeness (QED) is 0.504. The van der Waals surface area contributed by atoms with Crippen molar-refractivity contribution in [2.45, 2.75) is 32.1 Å². The fourth-order valence-electron chi connectivity index (χ4n) is 4.25. The van der Waals surface area contributed by atoms with Crippen molar-refractivity contribution in [3.8, 4) is 0 Å². The lowest BCUT2D eigenvalue weighted by Crippen LogP contribution is -3.00. The summed E-state index contributed by atoms with van der Waals surface area (Å²) in [7, 11) is 2.17. The van der Waals surface area contributed by atoms with E-state index >= 15 is 0 Å².